The molecule has 1 aliphatic heterocycles. The summed E-state index contributed by atoms with van der Waals surface area (Å²) in [6.45, 7) is 3.85. The van der Waals surface area contributed by atoms with E-state index in [0.717, 1.165) is 0 Å². The molecule has 0 saturated carbocycles. The van der Waals surface area contributed by atoms with Gasteiger partial charge in [-0.05, 0) is 25.0 Å². The number of amides is 1. The van der Waals surface area contributed by atoms with E-state index in [1.165, 1.54) is 6.07 Å². The van der Waals surface area contributed by atoms with Crippen molar-refractivity contribution >= 4 is 11.6 Å². The van der Waals surface area contributed by atoms with Crippen LogP contribution in [0.2, 0.25) is 0 Å². The van der Waals surface area contributed by atoms with Gasteiger partial charge < -0.3 is 15.2 Å². The summed E-state index contributed by atoms with van der Waals surface area (Å²) >= 11 is 0. The van der Waals surface area contributed by atoms with Crippen LogP contribution in [0.3, 0.4) is 0 Å². The van der Waals surface area contributed by atoms with Crippen LogP contribution < -0.4 is 10.1 Å². The zero-order valence-corrected chi connectivity index (χ0v) is 9.41. The molecule has 0 spiro atoms. The van der Waals surface area contributed by atoms with Gasteiger partial charge in [-0.15, -0.1) is 0 Å². The normalized spacial score (nSPS) is 17.2. The van der Waals surface area contributed by atoms with E-state index in [4.69, 9.17) is 4.74 Å². The maximum atomic E-state index is 11.9. The average Bonchev–Trinajstić information content (AvgIpc) is 2.28. The third-order valence-corrected chi connectivity index (χ3v) is 3.07. The summed E-state index contributed by atoms with van der Waals surface area (Å²) < 4.78 is 5.76. The number of carbonyl (C=O) groups is 1. The minimum atomic E-state index is -0.774. The van der Waals surface area contributed by atoms with Gasteiger partial charge in [-0.1, -0.05) is 13.8 Å². The molecule has 0 saturated heterocycles. The molecule has 2 rings (SSSR count). The number of aromatic hydroxyl groups is 1. The van der Waals surface area contributed by atoms with Crippen LogP contribution in [0, 0.1) is 0 Å². The van der Waals surface area contributed by atoms with Crippen molar-refractivity contribution in [3.8, 4) is 11.5 Å². The van der Waals surface area contributed by atoms with E-state index in [9.17, 15) is 9.90 Å². The molecular weight excluding hydrogens is 206 g/mol. The van der Waals surface area contributed by atoms with Gasteiger partial charge in [0.05, 0.1) is 5.69 Å². The predicted octanol–water partition coefficient (Wildman–Crippen LogP) is 2.28. The molecule has 0 bridgehead atoms. The van der Waals surface area contributed by atoms with Gasteiger partial charge in [0.15, 0.2) is 5.60 Å². The fraction of sp³-hybridized carbons (Fsp3) is 0.417. The quantitative estimate of drug-likeness (QED) is 0.805. The number of phenols is 1. The molecule has 0 fully saturated rings. The summed E-state index contributed by atoms with van der Waals surface area (Å²) in [5.41, 5.74) is -0.244. The Morgan fingerprint density at radius 1 is 1.38 bits per heavy atom. The highest BCUT2D eigenvalue weighted by Crippen LogP contribution is 2.38. The van der Waals surface area contributed by atoms with Crippen LogP contribution in [0.5, 0.6) is 11.5 Å². The lowest BCUT2D eigenvalue weighted by Crippen LogP contribution is -2.49. The van der Waals surface area contributed by atoms with Gasteiger partial charge in [0, 0.05) is 6.07 Å². The second kappa shape index (κ2) is 3.70. The van der Waals surface area contributed by atoms with Crippen molar-refractivity contribution in [1.29, 1.82) is 0 Å². The maximum absolute atomic E-state index is 11.9. The van der Waals surface area contributed by atoms with Crippen LogP contribution >= 0.6 is 0 Å². The Labute approximate surface area is 94.2 Å². The monoisotopic (exact) mass is 221 g/mol. The van der Waals surface area contributed by atoms with Crippen molar-refractivity contribution in [1.82, 2.24) is 0 Å². The Hall–Kier alpha value is -1.71. The molecule has 1 aromatic carbocycles. The van der Waals surface area contributed by atoms with Gasteiger partial charge in [0.25, 0.3) is 5.91 Å². The number of hydrogen-bond donors (Lipinski definition) is 2. The summed E-state index contributed by atoms with van der Waals surface area (Å²) in [7, 11) is 0. The molecule has 4 heteroatoms. The predicted molar refractivity (Wildman–Crippen MR) is 60.7 cm³/mol. The molecule has 1 aliphatic rings. The number of benzene rings is 1. The molecule has 1 amide bonds. The fourth-order valence-electron chi connectivity index (χ4n) is 1.91. The number of nitrogens with one attached hydrogen (secondary N) is 1. The minimum Gasteiger partial charge on any atom is -0.508 e. The lowest BCUT2D eigenvalue weighted by molar-refractivity contribution is -0.133. The molecule has 0 aliphatic carbocycles. The van der Waals surface area contributed by atoms with E-state index in [-0.39, 0.29) is 11.7 Å². The average molecular weight is 221 g/mol. The standard InChI is InChI=1S/C12H15NO3/c1-3-12(4-2)11(15)13-9-7-8(14)5-6-10(9)16-12/h5-7,14H,3-4H2,1-2H3,(H,13,15). The smallest absolute Gasteiger partial charge is 0.268 e. The number of rotatable bonds is 2. The highest BCUT2D eigenvalue weighted by molar-refractivity contribution is 6.00. The Morgan fingerprint density at radius 3 is 2.69 bits per heavy atom. The van der Waals surface area contributed by atoms with E-state index in [0.29, 0.717) is 24.3 Å². The number of phenolic OH excluding ortho intramolecular Hbond substituents is 1. The molecule has 1 heterocycles. The topological polar surface area (TPSA) is 58.6 Å². The molecule has 0 atom stereocenters. The lowest BCUT2D eigenvalue weighted by atomic mass is 9.94. The van der Waals surface area contributed by atoms with Crippen LogP contribution in [0.4, 0.5) is 5.69 Å². The maximum Gasteiger partial charge on any atom is 0.268 e. The van der Waals surface area contributed by atoms with Crippen LogP contribution in [0.15, 0.2) is 18.2 Å². The molecule has 0 unspecified atom stereocenters. The molecule has 16 heavy (non-hydrogen) atoms. The molecule has 2 N–H and O–H groups in total. The summed E-state index contributed by atoms with van der Waals surface area (Å²) in [5.74, 6) is 0.583. The molecule has 0 aromatic heterocycles. The number of anilines is 1. The van der Waals surface area contributed by atoms with Gasteiger partial charge in [0.1, 0.15) is 11.5 Å². The molecule has 86 valence electrons. The molecule has 1 aromatic rings. The lowest BCUT2D eigenvalue weighted by Gasteiger charge is -2.36. The van der Waals surface area contributed by atoms with E-state index in [1.807, 2.05) is 13.8 Å². The van der Waals surface area contributed by atoms with Crippen molar-refractivity contribution in [3.05, 3.63) is 18.2 Å². The Balaban J connectivity index is 2.42. The molecule has 4 nitrogen and oxygen atoms in total. The second-order valence-electron chi connectivity index (χ2n) is 3.94. The van der Waals surface area contributed by atoms with Gasteiger partial charge in [-0.2, -0.15) is 0 Å². The fourth-order valence-corrected chi connectivity index (χ4v) is 1.91. The SMILES string of the molecule is CCC1(CC)Oc2ccc(O)cc2NC1=O. The first-order chi connectivity index (χ1) is 7.61. The van der Waals surface area contributed by atoms with Crippen LogP contribution in [-0.4, -0.2) is 16.6 Å². The van der Waals surface area contributed by atoms with Crippen molar-refractivity contribution in [2.45, 2.75) is 32.3 Å². The number of carbonyl (C=O) groups excluding carboxylic acids is 1. The van der Waals surface area contributed by atoms with Crippen LogP contribution in [-0.2, 0) is 4.79 Å². The Bertz CT molecular complexity index is 424. The highest BCUT2D eigenvalue weighted by atomic mass is 16.5. The van der Waals surface area contributed by atoms with E-state index < -0.39 is 5.60 Å². The number of ether oxygens (including phenoxy) is 1. The summed E-state index contributed by atoms with van der Waals surface area (Å²) in [4.78, 5) is 11.9. The summed E-state index contributed by atoms with van der Waals surface area (Å²) in [6.07, 6.45) is 1.24. The highest BCUT2D eigenvalue weighted by Gasteiger charge is 2.41. The molecule has 0 radical (unpaired) electrons. The van der Waals surface area contributed by atoms with Crippen molar-refractivity contribution in [3.63, 3.8) is 0 Å². The molecular formula is C12H15NO3. The first-order valence-corrected chi connectivity index (χ1v) is 5.45. The second-order valence-corrected chi connectivity index (χ2v) is 3.94. The summed E-state index contributed by atoms with van der Waals surface area (Å²) in [5, 5.41) is 12.1. The van der Waals surface area contributed by atoms with Gasteiger partial charge in [-0.25, -0.2) is 0 Å². The first kappa shape index (κ1) is 10.8. The summed E-state index contributed by atoms with van der Waals surface area (Å²) in [6, 6.07) is 4.71. The Morgan fingerprint density at radius 2 is 2.06 bits per heavy atom. The first-order valence-electron chi connectivity index (χ1n) is 5.45. The zero-order chi connectivity index (χ0) is 11.8. The zero-order valence-electron chi connectivity index (χ0n) is 9.41. The van der Waals surface area contributed by atoms with E-state index in [1.54, 1.807) is 12.1 Å². The van der Waals surface area contributed by atoms with Gasteiger partial charge in [0.2, 0.25) is 0 Å². The van der Waals surface area contributed by atoms with Crippen molar-refractivity contribution in [2.75, 3.05) is 5.32 Å². The van der Waals surface area contributed by atoms with Crippen molar-refractivity contribution in [2.24, 2.45) is 0 Å². The van der Waals surface area contributed by atoms with E-state index >= 15 is 0 Å². The number of hydrogen-bond acceptors (Lipinski definition) is 3. The third-order valence-electron chi connectivity index (χ3n) is 3.07. The Kier molecular flexibility index (Phi) is 2.50. The number of fused-ring (bicyclic) bond motifs is 1. The van der Waals surface area contributed by atoms with Crippen LogP contribution in [0.1, 0.15) is 26.7 Å². The van der Waals surface area contributed by atoms with Gasteiger partial charge >= 0.3 is 0 Å². The van der Waals surface area contributed by atoms with Crippen LogP contribution in [0.25, 0.3) is 0 Å². The third kappa shape index (κ3) is 1.50. The van der Waals surface area contributed by atoms with Gasteiger partial charge in [-0.3, -0.25) is 4.79 Å². The minimum absolute atomic E-state index is 0.114. The van der Waals surface area contributed by atoms with E-state index in [2.05, 4.69) is 5.32 Å². The largest absolute Gasteiger partial charge is 0.508 e. The van der Waals surface area contributed by atoms with Crippen molar-refractivity contribution < 1.29 is 14.6 Å².